The third-order valence-corrected chi connectivity index (χ3v) is 3.42. The highest BCUT2D eigenvalue weighted by atomic mass is 79.9. The molecule has 4 nitrogen and oxygen atoms in total. The quantitative estimate of drug-likeness (QED) is 0.899. The molecule has 1 aliphatic rings. The molecular formula is C12H15BrN2O2. The lowest BCUT2D eigenvalue weighted by molar-refractivity contribution is -0.133. The van der Waals surface area contributed by atoms with Crippen molar-refractivity contribution in [1.82, 2.24) is 0 Å². The van der Waals surface area contributed by atoms with Crippen LogP contribution in [0.3, 0.4) is 0 Å². The van der Waals surface area contributed by atoms with Gasteiger partial charge in [-0.15, -0.1) is 0 Å². The number of rotatable bonds is 2. The summed E-state index contributed by atoms with van der Waals surface area (Å²) in [6, 6.07) is 5.92. The monoisotopic (exact) mass is 298 g/mol. The summed E-state index contributed by atoms with van der Waals surface area (Å²) in [6.07, 6.45) is -0.517. The number of carbonyl (C=O) groups is 1. The van der Waals surface area contributed by atoms with Crippen molar-refractivity contribution in [2.45, 2.75) is 13.0 Å². The SMILES string of the molecule is Cc1ccc(N2CCOC(CN)C2=O)c(Br)c1. The normalized spacial score (nSPS) is 20.8. The zero-order chi connectivity index (χ0) is 12.4. The van der Waals surface area contributed by atoms with Crippen molar-refractivity contribution in [2.75, 3.05) is 24.6 Å². The summed E-state index contributed by atoms with van der Waals surface area (Å²) >= 11 is 3.49. The molecule has 1 aromatic rings. The van der Waals surface area contributed by atoms with Crippen LogP contribution in [0, 0.1) is 6.92 Å². The molecule has 0 spiro atoms. The molecule has 1 aliphatic heterocycles. The number of anilines is 1. The standard InChI is InChI=1S/C12H15BrN2O2/c1-8-2-3-10(9(13)6-8)15-4-5-17-11(7-14)12(15)16/h2-3,6,11H,4-5,7,14H2,1H3. The topological polar surface area (TPSA) is 55.6 Å². The maximum atomic E-state index is 12.1. The van der Waals surface area contributed by atoms with Crippen LogP contribution in [0.4, 0.5) is 5.69 Å². The molecule has 1 aromatic carbocycles. The number of hydrogen-bond acceptors (Lipinski definition) is 3. The minimum absolute atomic E-state index is 0.0664. The maximum absolute atomic E-state index is 12.1. The smallest absolute Gasteiger partial charge is 0.257 e. The molecule has 2 rings (SSSR count). The van der Waals surface area contributed by atoms with Crippen LogP contribution in [0.5, 0.6) is 0 Å². The summed E-state index contributed by atoms with van der Waals surface area (Å²) in [5, 5.41) is 0. The van der Waals surface area contributed by atoms with Crippen LogP contribution < -0.4 is 10.6 Å². The Labute approximate surface area is 109 Å². The zero-order valence-electron chi connectivity index (χ0n) is 9.65. The lowest BCUT2D eigenvalue weighted by Gasteiger charge is -2.32. The predicted molar refractivity (Wildman–Crippen MR) is 70.0 cm³/mol. The van der Waals surface area contributed by atoms with E-state index in [-0.39, 0.29) is 12.5 Å². The van der Waals surface area contributed by atoms with Crippen molar-refractivity contribution in [3.63, 3.8) is 0 Å². The van der Waals surface area contributed by atoms with Crippen LogP contribution in [0.15, 0.2) is 22.7 Å². The van der Waals surface area contributed by atoms with Crippen molar-refractivity contribution >= 4 is 27.5 Å². The van der Waals surface area contributed by atoms with Gasteiger partial charge in [-0.2, -0.15) is 0 Å². The highest BCUT2D eigenvalue weighted by Crippen LogP contribution is 2.28. The number of amides is 1. The molecule has 0 radical (unpaired) electrons. The average Bonchev–Trinajstić information content (AvgIpc) is 2.30. The molecule has 0 aliphatic carbocycles. The van der Waals surface area contributed by atoms with Crippen LogP contribution in [0.1, 0.15) is 5.56 Å². The van der Waals surface area contributed by atoms with Crippen LogP contribution in [0.25, 0.3) is 0 Å². The predicted octanol–water partition coefficient (Wildman–Crippen LogP) is 1.45. The molecule has 5 heteroatoms. The number of halogens is 1. The largest absolute Gasteiger partial charge is 0.365 e. The molecule has 1 saturated heterocycles. The van der Waals surface area contributed by atoms with Gasteiger partial charge in [0.2, 0.25) is 0 Å². The number of benzene rings is 1. The van der Waals surface area contributed by atoms with Gasteiger partial charge in [0.25, 0.3) is 5.91 Å². The second kappa shape index (κ2) is 5.16. The molecule has 1 fully saturated rings. The molecule has 1 atom stereocenters. The Hall–Kier alpha value is -0.910. The molecule has 1 unspecified atom stereocenters. The summed E-state index contributed by atoms with van der Waals surface area (Å²) in [6.45, 7) is 3.32. The number of ether oxygens (including phenoxy) is 1. The lowest BCUT2D eigenvalue weighted by Crippen LogP contribution is -2.50. The first kappa shape index (κ1) is 12.5. The van der Waals surface area contributed by atoms with Crippen LogP contribution in [-0.2, 0) is 9.53 Å². The first-order chi connectivity index (χ1) is 8.13. The Kier molecular flexibility index (Phi) is 3.81. The maximum Gasteiger partial charge on any atom is 0.257 e. The van der Waals surface area contributed by atoms with Gasteiger partial charge in [0.05, 0.1) is 12.3 Å². The fourth-order valence-electron chi connectivity index (χ4n) is 1.88. The number of hydrogen-bond donors (Lipinski definition) is 1. The molecule has 1 heterocycles. The third-order valence-electron chi connectivity index (χ3n) is 2.78. The number of aryl methyl sites for hydroxylation is 1. The van der Waals surface area contributed by atoms with Crippen molar-refractivity contribution in [1.29, 1.82) is 0 Å². The average molecular weight is 299 g/mol. The third kappa shape index (κ3) is 2.51. The zero-order valence-corrected chi connectivity index (χ0v) is 11.2. The van der Waals surface area contributed by atoms with Crippen molar-refractivity contribution in [3.8, 4) is 0 Å². The summed E-state index contributed by atoms with van der Waals surface area (Å²) in [4.78, 5) is 13.8. The van der Waals surface area contributed by atoms with E-state index in [1.807, 2.05) is 25.1 Å². The number of nitrogens with two attached hydrogens (primary N) is 1. The van der Waals surface area contributed by atoms with Crippen molar-refractivity contribution in [2.24, 2.45) is 5.73 Å². The van der Waals surface area contributed by atoms with E-state index in [4.69, 9.17) is 10.5 Å². The summed E-state index contributed by atoms with van der Waals surface area (Å²) in [5.41, 5.74) is 7.54. The van der Waals surface area contributed by atoms with Gasteiger partial charge in [-0.1, -0.05) is 6.07 Å². The second-order valence-electron chi connectivity index (χ2n) is 4.04. The van der Waals surface area contributed by atoms with Gasteiger partial charge in [0, 0.05) is 17.6 Å². The molecular weight excluding hydrogens is 284 g/mol. The van der Waals surface area contributed by atoms with Crippen LogP contribution in [-0.4, -0.2) is 31.7 Å². The van der Waals surface area contributed by atoms with Crippen LogP contribution >= 0.6 is 15.9 Å². The Morgan fingerprint density at radius 3 is 3.00 bits per heavy atom. The van der Waals surface area contributed by atoms with Crippen molar-refractivity contribution < 1.29 is 9.53 Å². The Morgan fingerprint density at radius 2 is 2.35 bits per heavy atom. The van der Waals surface area contributed by atoms with E-state index >= 15 is 0 Å². The van der Waals surface area contributed by atoms with Gasteiger partial charge in [-0.05, 0) is 40.5 Å². The fraction of sp³-hybridized carbons (Fsp3) is 0.417. The van der Waals surface area contributed by atoms with Gasteiger partial charge in [-0.3, -0.25) is 4.79 Å². The molecule has 0 bridgehead atoms. The molecule has 0 aromatic heterocycles. The summed E-state index contributed by atoms with van der Waals surface area (Å²) in [7, 11) is 0. The molecule has 0 saturated carbocycles. The van der Waals surface area contributed by atoms with Gasteiger partial charge in [-0.25, -0.2) is 0 Å². The van der Waals surface area contributed by atoms with E-state index < -0.39 is 6.10 Å². The minimum atomic E-state index is -0.517. The number of carbonyl (C=O) groups excluding carboxylic acids is 1. The van der Waals surface area contributed by atoms with Gasteiger partial charge in [0.15, 0.2) is 0 Å². The van der Waals surface area contributed by atoms with E-state index in [0.717, 1.165) is 15.7 Å². The van der Waals surface area contributed by atoms with E-state index in [0.29, 0.717) is 13.2 Å². The Balaban J connectivity index is 2.29. The van der Waals surface area contributed by atoms with Crippen molar-refractivity contribution in [3.05, 3.63) is 28.2 Å². The lowest BCUT2D eigenvalue weighted by atomic mass is 10.2. The second-order valence-corrected chi connectivity index (χ2v) is 4.89. The summed E-state index contributed by atoms with van der Waals surface area (Å²) in [5.74, 6) is -0.0664. The fourth-order valence-corrected chi connectivity index (χ4v) is 2.59. The highest BCUT2D eigenvalue weighted by Gasteiger charge is 2.30. The van der Waals surface area contributed by atoms with Gasteiger partial charge < -0.3 is 15.4 Å². The Bertz CT molecular complexity index is 437. The highest BCUT2D eigenvalue weighted by molar-refractivity contribution is 9.10. The molecule has 17 heavy (non-hydrogen) atoms. The van der Waals surface area contributed by atoms with Gasteiger partial charge >= 0.3 is 0 Å². The first-order valence-electron chi connectivity index (χ1n) is 5.52. The van der Waals surface area contributed by atoms with E-state index in [9.17, 15) is 4.79 Å². The molecule has 2 N–H and O–H groups in total. The number of morpholine rings is 1. The van der Waals surface area contributed by atoms with E-state index in [1.54, 1.807) is 4.90 Å². The molecule has 1 amide bonds. The van der Waals surface area contributed by atoms with E-state index in [1.165, 1.54) is 0 Å². The van der Waals surface area contributed by atoms with E-state index in [2.05, 4.69) is 15.9 Å². The summed E-state index contributed by atoms with van der Waals surface area (Å²) < 4.78 is 6.24. The number of nitrogens with zero attached hydrogens (tertiary/aromatic N) is 1. The van der Waals surface area contributed by atoms with Crippen LogP contribution in [0.2, 0.25) is 0 Å². The Morgan fingerprint density at radius 1 is 1.59 bits per heavy atom. The minimum Gasteiger partial charge on any atom is -0.365 e. The molecule has 92 valence electrons. The first-order valence-corrected chi connectivity index (χ1v) is 6.32. The van der Waals surface area contributed by atoms with Gasteiger partial charge in [0.1, 0.15) is 6.10 Å².